The van der Waals surface area contributed by atoms with Gasteiger partial charge in [0, 0.05) is 11.3 Å². The highest BCUT2D eigenvalue weighted by atomic mass is 16.5. The average Bonchev–Trinajstić information content (AvgIpc) is 2.55. The summed E-state index contributed by atoms with van der Waals surface area (Å²) in [6.45, 7) is 2.06. The maximum Gasteiger partial charge on any atom is 0.308 e. The molecule has 0 aromatic heterocycles. The lowest BCUT2D eigenvalue weighted by Crippen LogP contribution is -2.30. The van der Waals surface area contributed by atoms with Gasteiger partial charge in [-0.3, -0.25) is 9.59 Å². The second-order valence-corrected chi connectivity index (χ2v) is 5.07. The van der Waals surface area contributed by atoms with Crippen LogP contribution in [0.2, 0.25) is 0 Å². The number of esters is 1. The fourth-order valence-corrected chi connectivity index (χ4v) is 2.25. The van der Waals surface area contributed by atoms with Crippen LogP contribution in [0.3, 0.4) is 0 Å². The quantitative estimate of drug-likeness (QED) is 0.635. The van der Waals surface area contributed by atoms with Crippen molar-refractivity contribution in [1.82, 2.24) is 5.32 Å². The van der Waals surface area contributed by atoms with Crippen LogP contribution in [0.5, 0.6) is 0 Å². The fraction of sp³-hybridized carbons (Fsp3) is 0.222. The van der Waals surface area contributed by atoms with Crippen LogP contribution in [0, 0.1) is 0 Å². The molecule has 0 aliphatic rings. The van der Waals surface area contributed by atoms with Crippen LogP contribution in [0.1, 0.15) is 35.3 Å². The van der Waals surface area contributed by atoms with Crippen LogP contribution in [0.15, 0.2) is 54.6 Å². The van der Waals surface area contributed by atoms with Crippen molar-refractivity contribution in [2.24, 2.45) is 0 Å². The van der Waals surface area contributed by atoms with Gasteiger partial charge in [-0.05, 0) is 30.7 Å². The molecule has 0 spiro atoms. The monoisotopic (exact) mass is 312 g/mol. The molecule has 3 N–H and O–H groups in total. The lowest BCUT2D eigenvalue weighted by molar-refractivity contribution is -0.143. The lowest BCUT2D eigenvalue weighted by atomic mass is 10.0. The first-order valence-corrected chi connectivity index (χ1v) is 7.47. The van der Waals surface area contributed by atoms with Gasteiger partial charge in [-0.25, -0.2) is 0 Å². The van der Waals surface area contributed by atoms with Crippen molar-refractivity contribution in [3.63, 3.8) is 0 Å². The highest BCUT2D eigenvalue weighted by Crippen LogP contribution is 2.18. The van der Waals surface area contributed by atoms with Crippen LogP contribution in [-0.2, 0) is 9.53 Å². The Labute approximate surface area is 135 Å². The molecule has 0 aliphatic heterocycles. The van der Waals surface area contributed by atoms with Crippen LogP contribution >= 0.6 is 0 Å². The molecule has 0 heterocycles. The van der Waals surface area contributed by atoms with E-state index < -0.39 is 6.04 Å². The van der Waals surface area contributed by atoms with Crippen LogP contribution < -0.4 is 11.1 Å². The number of amides is 1. The lowest BCUT2D eigenvalue weighted by Gasteiger charge is -2.18. The number of rotatable bonds is 6. The number of ether oxygens (including phenoxy) is 1. The molecule has 0 radical (unpaired) electrons. The van der Waals surface area contributed by atoms with Crippen molar-refractivity contribution in [3.05, 3.63) is 65.7 Å². The second kappa shape index (κ2) is 7.98. The smallest absolute Gasteiger partial charge is 0.308 e. The van der Waals surface area contributed by atoms with Gasteiger partial charge < -0.3 is 15.8 Å². The van der Waals surface area contributed by atoms with Gasteiger partial charge in [-0.2, -0.15) is 0 Å². The molecule has 0 saturated heterocycles. The van der Waals surface area contributed by atoms with Crippen molar-refractivity contribution < 1.29 is 14.3 Å². The molecule has 23 heavy (non-hydrogen) atoms. The summed E-state index contributed by atoms with van der Waals surface area (Å²) in [5, 5.41) is 2.87. The third-order valence-electron chi connectivity index (χ3n) is 3.33. The number of nitrogen functional groups attached to an aromatic ring is 1. The molecular formula is C18H20N2O3. The van der Waals surface area contributed by atoms with Gasteiger partial charge in [0.15, 0.2) is 0 Å². The molecule has 2 aromatic rings. The first-order valence-electron chi connectivity index (χ1n) is 7.47. The molecule has 1 amide bonds. The van der Waals surface area contributed by atoms with Gasteiger partial charge in [0.05, 0.1) is 19.1 Å². The summed E-state index contributed by atoms with van der Waals surface area (Å²) in [6.07, 6.45) is 0.0753. The minimum absolute atomic E-state index is 0.0753. The Morgan fingerprint density at radius 1 is 1.13 bits per heavy atom. The summed E-state index contributed by atoms with van der Waals surface area (Å²) in [6, 6.07) is 15.6. The highest BCUT2D eigenvalue weighted by Gasteiger charge is 2.19. The zero-order chi connectivity index (χ0) is 16.7. The van der Waals surface area contributed by atoms with Gasteiger partial charge in [0.2, 0.25) is 0 Å². The predicted octanol–water partition coefficient (Wildman–Crippen LogP) is 2.69. The summed E-state index contributed by atoms with van der Waals surface area (Å²) < 4.78 is 4.99. The Morgan fingerprint density at radius 2 is 1.87 bits per heavy atom. The van der Waals surface area contributed by atoms with Gasteiger partial charge in [-0.15, -0.1) is 0 Å². The summed E-state index contributed by atoms with van der Waals surface area (Å²) in [5.74, 6) is -0.635. The number of hydrogen-bond donors (Lipinski definition) is 2. The number of anilines is 1. The molecule has 0 fully saturated rings. The Balaban J connectivity index is 2.17. The topological polar surface area (TPSA) is 81.4 Å². The zero-order valence-corrected chi connectivity index (χ0v) is 13.0. The summed E-state index contributed by atoms with van der Waals surface area (Å²) in [5.41, 5.74) is 7.52. The Hall–Kier alpha value is -2.82. The van der Waals surface area contributed by atoms with Gasteiger partial charge >= 0.3 is 5.97 Å². The summed E-state index contributed by atoms with van der Waals surface area (Å²) in [7, 11) is 0. The van der Waals surface area contributed by atoms with E-state index in [4.69, 9.17) is 10.5 Å². The molecule has 0 saturated carbocycles. The van der Waals surface area contributed by atoms with E-state index in [9.17, 15) is 9.59 Å². The Bertz CT molecular complexity index is 671. The first-order chi connectivity index (χ1) is 11.1. The largest absolute Gasteiger partial charge is 0.466 e. The number of nitrogens with one attached hydrogen (secondary N) is 1. The van der Waals surface area contributed by atoms with Crippen LogP contribution in [0.4, 0.5) is 5.69 Å². The van der Waals surface area contributed by atoms with Crippen molar-refractivity contribution in [2.75, 3.05) is 12.3 Å². The third-order valence-corrected chi connectivity index (χ3v) is 3.33. The normalized spacial score (nSPS) is 11.5. The van der Waals surface area contributed by atoms with E-state index in [1.807, 2.05) is 30.3 Å². The predicted molar refractivity (Wildman–Crippen MR) is 88.8 cm³/mol. The van der Waals surface area contributed by atoms with Gasteiger partial charge in [0.25, 0.3) is 5.91 Å². The summed E-state index contributed by atoms with van der Waals surface area (Å²) in [4.78, 5) is 24.2. The molecule has 2 rings (SSSR count). The van der Waals surface area contributed by atoms with Crippen LogP contribution in [0.25, 0.3) is 0 Å². The standard InChI is InChI=1S/C18H20N2O3/c1-2-23-17(21)12-16(13-7-4-3-5-8-13)20-18(22)14-9-6-10-15(19)11-14/h3-11,16H,2,12,19H2,1H3,(H,20,22). The molecular weight excluding hydrogens is 292 g/mol. The minimum Gasteiger partial charge on any atom is -0.466 e. The number of hydrogen-bond acceptors (Lipinski definition) is 4. The minimum atomic E-state index is -0.454. The van der Waals surface area contributed by atoms with E-state index in [0.29, 0.717) is 17.9 Å². The number of carbonyl (C=O) groups is 2. The van der Waals surface area contributed by atoms with Crippen molar-refractivity contribution in [3.8, 4) is 0 Å². The molecule has 0 aliphatic carbocycles. The zero-order valence-electron chi connectivity index (χ0n) is 13.0. The second-order valence-electron chi connectivity index (χ2n) is 5.07. The van der Waals surface area contributed by atoms with Crippen molar-refractivity contribution in [1.29, 1.82) is 0 Å². The molecule has 2 aromatic carbocycles. The van der Waals surface area contributed by atoms with E-state index in [-0.39, 0.29) is 18.3 Å². The van der Waals surface area contributed by atoms with Crippen molar-refractivity contribution in [2.45, 2.75) is 19.4 Å². The maximum atomic E-state index is 12.4. The highest BCUT2D eigenvalue weighted by molar-refractivity contribution is 5.95. The number of benzene rings is 2. The van der Waals surface area contributed by atoms with E-state index in [0.717, 1.165) is 5.56 Å². The number of carbonyl (C=O) groups excluding carboxylic acids is 2. The van der Waals surface area contributed by atoms with E-state index in [1.165, 1.54) is 0 Å². The molecule has 5 nitrogen and oxygen atoms in total. The van der Waals surface area contributed by atoms with Crippen molar-refractivity contribution >= 4 is 17.6 Å². The van der Waals surface area contributed by atoms with Crippen LogP contribution in [-0.4, -0.2) is 18.5 Å². The van der Waals surface area contributed by atoms with Gasteiger partial charge in [0.1, 0.15) is 0 Å². The average molecular weight is 312 g/mol. The maximum absolute atomic E-state index is 12.4. The fourth-order valence-electron chi connectivity index (χ4n) is 2.25. The van der Waals surface area contributed by atoms with E-state index in [2.05, 4.69) is 5.32 Å². The molecule has 1 atom stereocenters. The third kappa shape index (κ3) is 4.85. The Kier molecular flexibility index (Phi) is 5.74. The molecule has 1 unspecified atom stereocenters. The SMILES string of the molecule is CCOC(=O)CC(NC(=O)c1cccc(N)c1)c1ccccc1. The molecule has 0 bridgehead atoms. The van der Waals surface area contributed by atoms with Gasteiger partial charge in [-0.1, -0.05) is 36.4 Å². The Morgan fingerprint density at radius 3 is 2.52 bits per heavy atom. The van der Waals surface area contributed by atoms with E-state index in [1.54, 1.807) is 31.2 Å². The van der Waals surface area contributed by atoms with E-state index >= 15 is 0 Å². The first kappa shape index (κ1) is 16.5. The summed E-state index contributed by atoms with van der Waals surface area (Å²) >= 11 is 0. The number of nitrogens with two attached hydrogens (primary N) is 1. The molecule has 5 heteroatoms. The molecule has 120 valence electrons.